The van der Waals surface area contributed by atoms with Crippen LogP contribution in [0.4, 0.5) is 0 Å². The van der Waals surface area contributed by atoms with Crippen LogP contribution >= 0.6 is 0 Å². The smallest absolute Gasteiger partial charge is 0.303 e. The van der Waals surface area contributed by atoms with Crippen LogP contribution in [0.5, 0.6) is 0 Å². The summed E-state index contributed by atoms with van der Waals surface area (Å²) in [5, 5.41) is 12.0. The van der Waals surface area contributed by atoms with Crippen molar-refractivity contribution in [3.05, 3.63) is 0 Å². The van der Waals surface area contributed by atoms with E-state index >= 15 is 0 Å². The summed E-state index contributed by atoms with van der Waals surface area (Å²) < 4.78 is 0. The number of carbonyl (C=O) groups is 2. The molecule has 108 valence electrons. The Hall–Kier alpha value is -1.10. The molecule has 0 radical (unpaired) electrons. The number of likely N-dealkylation sites (tertiary alicyclic amines) is 1. The van der Waals surface area contributed by atoms with Gasteiger partial charge in [-0.05, 0) is 51.5 Å². The van der Waals surface area contributed by atoms with Crippen LogP contribution in [0.1, 0.15) is 45.4 Å². The minimum Gasteiger partial charge on any atom is -0.481 e. The predicted molar refractivity (Wildman–Crippen MR) is 71.8 cm³/mol. The van der Waals surface area contributed by atoms with Crippen molar-refractivity contribution in [2.75, 3.05) is 19.6 Å². The van der Waals surface area contributed by atoms with Gasteiger partial charge in [-0.3, -0.25) is 9.59 Å². The Balaban J connectivity index is 1.79. The highest BCUT2D eigenvalue weighted by atomic mass is 16.4. The van der Waals surface area contributed by atoms with Crippen LogP contribution in [0.25, 0.3) is 0 Å². The first-order valence-electron chi connectivity index (χ1n) is 7.27. The molecule has 5 nitrogen and oxygen atoms in total. The molecule has 2 N–H and O–H groups in total. The molecule has 2 saturated heterocycles. The zero-order valence-electron chi connectivity index (χ0n) is 11.7. The molecular formula is C14H24N2O3. The van der Waals surface area contributed by atoms with Crippen LogP contribution in [-0.2, 0) is 9.59 Å². The summed E-state index contributed by atoms with van der Waals surface area (Å²) in [6, 6.07) is 0. The largest absolute Gasteiger partial charge is 0.481 e. The average Bonchev–Trinajstić information content (AvgIpc) is 2.84. The molecule has 0 spiro atoms. The quantitative estimate of drug-likeness (QED) is 0.804. The highest BCUT2D eigenvalue weighted by Crippen LogP contribution is 2.26. The Morgan fingerprint density at radius 2 is 2.05 bits per heavy atom. The minimum absolute atomic E-state index is 0.224. The zero-order valence-corrected chi connectivity index (χ0v) is 11.7. The molecule has 0 aliphatic carbocycles. The highest BCUT2D eigenvalue weighted by molar-refractivity contribution is 5.86. The molecule has 2 aliphatic rings. The van der Waals surface area contributed by atoms with Gasteiger partial charge in [-0.15, -0.1) is 0 Å². The first-order valence-corrected chi connectivity index (χ1v) is 7.27. The molecule has 5 heteroatoms. The molecule has 2 aliphatic heterocycles. The fourth-order valence-electron chi connectivity index (χ4n) is 3.18. The lowest BCUT2D eigenvalue weighted by Gasteiger charge is -2.37. The van der Waals surface area contributed by atoms with E-state index in [0.717, 1.165) is 51.7 Å². The van der Waals surface area contributed by atoms with Gasteiger partial charge in [0, 0.05) is 19.5 Å². The number of aliphatic carboxylic acids is 1. The lowest BCUT2D eigenvalue weighted by Crippen LogP contribution is -2.54. The van der Waals surface area contributed by atoms with Gasteiger partial charge in [0.1, 0.15) is 0 Å². The van der Waals surface area contributed by atoms with Crippen molar-refractivity contribution in [1.29, 1.82) is 0 Å². The molecule has 0 aromatic carbocycles. The number of hydrogen-bond acceptors (Lipinski definition) is 3. The molecule has 1 unspecified atom stereocenters. The third-order valence-corrected chi connectivity index (χ3v) is 4.51. The monoisotopic (exact) mass is 268 g/mol. The van der Waals surface area contributed by atoms with E-state index in [1.165, 1.54) is 0 Å². The second-order valence-electron chi connectivity index (χ2n) is 6.03. The Kier molecular flexibility index (Phi) is 4.45. The summed E-state index contributed by atoms with van der Waals surface area (Å²) in [6.45, 7) is 4.48. The molecule has 2 fully saturated rings. The van der Waals surface area contributed by atoms with Crippen LogP contribution < -0.4 is 5.32 Å². The Bertz CT molecular complexity index is 343. The van der Waals surface area contributed by atoms with Crippen LogP contribution in [-0.4, -0.2) is 47.1 Å². The van der Waals surface area contributed by atoms with Gasteiger partial charge < -0.3 is 15.3 Å². The molecule has 2 rings (SSSR count). The normalized spacial score (nSPS) is 28.6. The molecule has 2 heterocycles. The van der Waals surface area contributed by atoms with Crippen LogP contribution in [0.3, 0.4) is 0 Å². The van der Waals surface area contributed by atoms with Crippen LogP contribution in [0, 0.1) is 5.92 Å². The first-order chi connectivity index (χ1) is 9.01. The maximum atomic E-state index is 12.5. The molecule has 0 saturated carbocycles. The maximum absolute atomic E-state index is 12.5. The van der Waals surface area contributed by atoms with Crippen molar-refractivity contribution in [1.82, 2.24) is 10.2 Å². The van der Waals surface area contributed by atoms with E-state index in [0.29, 0.717) is 5.92 Å². The number of amides is 1. The molecule has 0 bridgehead atoms. The molecular weight excluding hydrogens is 244 g/mol. The highest BCUT2D eigenvalue weighted by Gasteiger charge is 2.39. The van der Waals surface area contributed by atoms with Crippen molar-refractivity contribution in [3.8, 4) is 0 Å². The van der Waals surface area contributed by atoms with E-state index in [1.54, 1.807) is 0 Å². The standard InChI is InChI=1S/C14H24N2O3/c1-14(7-2-8-15-14)13(19)16-9-5-11(6-10-16)3-4-12(17)18/h11,15H,2-10H2,1H3,(H,17,18). The second-order valence-corrected chi connectivity index (χ2v) is 6.03. The number of nitrogens with one attached hydrogen (secondary N) is 1. The van der Waals surface area contributed by atoms with Gasteiger partial charge in [0.25, 0.3) is 0 Å². The Labute approximate surface area is 114 Å². The summed E-state index contributed by atoms with van der Waals surface area (Å²) in [5.74, 6) is -0.0349. The van der Waals surface area contributed by atoms with Gasteiger partial charge >= 0.3 is 5.97 Å². The first kappa shape index (κ1) is 14.3. The number of carboxylic acid groups (broad SMARTS) is 1. The second kappa shape index (κ2) is 5.90. The summed E-state index contributed by atoms with van der Waals surface area (Å²) in [4.78, 5) is 25.0. The summed E-state index contributed by atoms with van der Waals surface area (Å²) in [7, 11) is 0. The predicted octanol–water partition coefficient (Wildman–Crippen LogP) is 1.23. The summed E-state index contributed by atoms with van der Waals surface area (Å²) in [6.07, 6.45) is 4.86. The van der Waals surface area contributed by atoms with Crippen molar-refractivity contribution >= 4 is 11.9 Å². The van der Waals surface area contributed by atoms with E-state index in [-0.39, 0.29) is 17.9 Å². The van der Waals surface area contributed by atoms with Crippen molar-refractivity contribution < 1.29 is 14.7 Å². The minimum atomic E-state index is -0.721. The summed E-state index contributed by atoms with van der Waals surface area (Å²) >= 11 is 0. The lowest BCUT2D eigenvalue weighted by molar-refractivity contribution is -0.140. The fraction of sp³-hybridized carbons (Fsp3) is 0.857. The topological polar surface area (TPSA) is 69.6 Å². The number of rotatable bonds is 4. The van der Waals surface area contributed by atoms with Crippen LogP contribution in [0.15, 0.2) is 0 Å². The van der Waals surface area contributed by atoms with E-state index in [1.807, 2.05) is 11.8 Å². The zero-order chi connectivity index (χ0) is 13.9. The Morgan fingerprint density at radius 1 is 1.37 bits per heavy atom. The van der Waals surface area contributed by atoms with Crippen molar-refractivity contribution in [2.24, 2.45) is 5.92 Å². The number of nitrogens with zero attached hydrogens (tertiary/aromatic N) is 1. The molecule has 0 aromatic rings. The average molecular weight is 268 g/mol. The SMILES string of the molecule is CC1(C(=O)N2CCC(CCC(=O)O)CC2)CCCN1. The molecule has 0 aromatic heterocycles. The van der Waals surface area contributed by atoms with Gasteiger partial charge in [-0.25, -0.2) is 0 Å². The van der Waals surface area contributed by atoms with Crippen molar-refractivity contribution in [3.63, 3.8) is 0 Å². The number of carboxylic acids is 1. The number of carbonyl (C=O) groups excluding carboxylic acids is 1. The van der Waals surface area contributed by atoms with E-state index in [9.17, 15) is 9.59 Å². The van der Waals surface area contributed by atoms with Gasteiger partial charge in [-0.1, -0.05) is 0 Å². The lowest BCUT2D eigenvalue weighted by atomic mass is 9.90. The summed E-state index contributed by atoms with van der Waals surface area (Å²) in [5.41, 5.74) is -0.367. The van der Waals surface area contributed by atoms with Crippen LogP contribution in [0.2, 0.25) is 0 Å². The van der Waals surface area contributed by atoms with Gasteiger partial charge in [0.2, 0.25) is 5.91 Å². The van der Waals surface area contributed by atoms with Crippen molar-refractivity contribution in [2.45, 2.75) is 51.0 Å². The van der Waals surface area contributed by atoms with E-state index < -0.39 is 5.97 Å². The maximum Gasteiger partial charge on any atom is 0.303 e. The number of piperidine rings is 1. The molecule has 19 heavy (non-hydrogen) atoms. The third kappa shape index (κ3) is 3.47. The third-order valence-electron chi connectivity index (χ3n) is 4.51. The molecule has 1 amide bonds. The van der Waals surface area contributed by atoms with Gasteiger partial charge in [-0.2, -0.15) is 0 Å². The fourth-order valence-corrected chi connectivity index (χ4v) is 3.18. The van der Waals surface area contributed by atoms with Gasteiger partial charge in [0.05, 0.1) is 5.54 Å². The van der Waals surface area contributed by atoms with E-state index in [2.05, 4.69) is 5.32 Å². The molecule has 1 atom stereocenters. The van der Waals surface area contributed by atoms with E-state index in [4.69, 9.17) is 5.11 Å². The van der Waals surface area contributed by atoms with Gasteiger partial charge in [0.15, 0.2) is 0 Å². The number of hydrogen-bond donors (Lipinski definition) is 2. The Morgan fingerprint density at radius 3 is 2.58 bits per heavy atom.